The fraction of sp³-hybridized carbons (Fsp3) is 0.154. The average molecular weight is 487 g/mol. The largest absolute Gasteiger partial charge is 0.277 e. The summed E-state index contributed by atoms with van der Waals surface area (Å²) in [5.41, 5.74) is 2.61. The van der Waals surface area contributed by atoms with Gasteiger partial charge in [-0.15, -0.1) is 22.7 Å². The van der Waals surface area contributed by atoms with E-state index < -0.39 is 23.6 Å². The van der Waals surface area contributed by atoms with E-state index in [0.29, 0.717) is 44.2 Å². The second-order valence-corrected chi connectivity index (χ2v) is 11.0. The van der Waals surface area contributed by atoms with Crippen LogP contribution in [0.4, 0.5) is 0 Å². The second kappa shape index (κ2) is 6.94. The number of amides is 4. The highest BCUT2D eigenvalue weighted by Gasteiger charge is 2.40. The van der Waals surface area contributed by atoms with Gasteiger partial charge in [0, 0.05) is 61.1 Å². The van der Waals surface area contributed by atoms with E-state index in [1.165, 1.54) is 30.3 Å². The number of rotatable bonds is 2. The van der Waals surface area contributed by atoms with Gasteiger partial charge in [-0.2, -0.15) is 0 Å². The molecule has 8 heteroatoms. The molecule has 4 amide bonds. The summed E-state index contributed by atoms with van der Waals surface area (Å²) < 4.78 is 0. The zero-order valence-corrected chi connectivity index (χ0v) is 20.4. The van der Waals surface area contributed by atoms with E-state index in [0.717, 1.165) is 24.4 Å². The number of benzene rings is 2. The lowest BCUT2D eigenvalue weighted by Gasteiger charge is -2.31. The van der Waals surface area contributed by atoms with Gasteiger partial charge in [-0.25, -0.2) is 0 Å². The SMILES string of the molecule is Cc1ccc(-c2ccc(-c3cc4c5c(c(C)cc6c5c3C(=O)N(C)C6=O)C(=O)N(C)C4=O)s2)s1. The van der Waals surface area contributed by atoms with Crippen LogP contribution in [0.3, 0.4) is 0 Å². The van der Waals surface area contributed by atoms with Gasteiger partial charge in [0.15, 0.2) is 0 Å². The van der Waals surface area contributed by atoms with Gasteiger partial charge in [-0.05, 0) is 55.8 Å². The summed E-state index contributed by atoms with van der Waals surface area (Å²) in [6.45, 7) is 3.80. The first-order chi connectivity index (χ1) is 16.2. The van der Waals surface area contributed by atoms with Gasteiger partial charge < -0.3 is 0 Å². The monoisotopic (exact) mass is 486 g/mol. The minimum absolute atomic E-state index is 0.336. The summed E-state index contributed by atoms with van der Waals surface area (Å²) in [5.74, 6) is -1.73. The molecule has 0 unspecified atom stereocenters. The molecule has 0 radical (unpaired) electrons. The molecular formula is C26H18N2O4S2. The molecule has 34 heavy (non-hydrogen) atoms. The molecule has 168 valence electrons. The normalized spacial score (nSPS) is 15.2. The van der Waals surface area contributed by atoms with E-state index >= 15 is 0 Å². The highest BCUT2D eigenvalue weighted by atomic mass is 32.1. The Morgan fingerprint density at radius 3 is 1.76 bits per heavy atom. The molecule has 2 aliphatic rings. The van der Waals surface area contributed by atoms with Crippen molar-refractivity contribution in [2.75, 3.05) is 14.1 Å². The Kier molecular flexibility index (Phi) is 4.28. The van der Waals surface area contributed by atoms with Crippen LogP contribution in [0.1, 0.15) is 51.9 Å². The zero-order chi connectivity index (χ0) is 24.0. The van der Waals surface area contributed by atoms with Gasteiger partial charge in [0.25, 0.3) is 23.6 Å². The summed E-state index contributed by atoms with van der Waals surface area (Å²) in [5, 5.41) is 0.806. The molecule has 2 aromatic heterocycles. The van der Waals surface area contributed by atoms with E-state index in [2.05, 4.69) is 19.1 Å². The predicted octanol–water partition coefficient (Wildman–Crippen LogP) is 5.37. The van der Waals surface area contributed by atoms with E-state index in [-0.39, 0.29) is 0 Å². The molecule has 4 aromatic rings. The lowest BCUT2D eigenvalue weighted by atomic mass is 9.81. The van der Waals surface area contributed by atoms with Crippen molar-refractivity contribution in [3.63, 3.8) is 0 Å². The minimum Gasteiger partial charge on any atom is -0.277 e. The molecule has 0 N–H and O–H groups in total. The van der Waals surface area contributed by atoms with Crippen molar-refractivity contribution in [2.24, 2.45) is 0 Å². The molecule has 0 spiro atoms. The summed E-state index contributed by atoms with van der Waals surface area (Å²) in [6, 6.07) is 11.5. The molecule has 2 aliphatic heterocycles. The Hall–Kier alpha value is -3.62. The number of nitrogens with zero attached hydrogens (tertiary/aromatic N) is 2. The molecule has 0 atom stereocenters. The highest BCUT2D eigenvalue weighted by Crippen LogP contribution is 2.46. The Morgan fingerprint density at radius 2 is 1.12 bits per heavy atom. The maximum absolute atomic E-state index is 13.5. The molecular weight excluding hydrogens is 468 g/mol. The second-order valence-electron chi connectivity index (χ2n) is 8.63. The molecule has 4 heterocycles. The number of hydrogen-bond acceptors (Lipinski definition) is 6. The first-order valence-corrected chi connectivity index (χ1v) is 12.3. The number of carbonyl (C=O) groups is 4. The molecule has 0 fully saturated rings. The fourth-order valence-corrected chi connectivity index (χ4v) is 6.85. The van der Waals surface area contributed by atoms with Crippen LogP contribution < -0.4 is 0 Å². The van der Waals surface area contributed by atoms with Crippen molar-refractivity contribution in [2.45, 2.75) is 13.8 Å². The molecule has 0 saturated carbocycles. The third-order valence-corrected chi connectivity index (χ3v) is 8.88. The third-order valence-electron chi connectivity index (χ3n) is 6.56. The molecule has 0 saturated heterocycles. The van der Waals surface area contributed by atoms with Crippen LogP contribution in [0.2, 0.25) is 0 Å². The highest BCUT2D eigenvalue weighted by molar-refractivity contribution is 7.23. The molecule has 2 aromatic carbocycles. The van der Waals surface area contributed by atoms with Gasteiger partial charge in [-0.1, -0.05) is 0 Å². The standard InChI is InChI=1S/C26H18N2O4S2/c1-11-9-14-21-20-15(24(30)27(3)25(31)19(11)20)10-13(22(21)26(32)28(4)23(14)29)16-7-8-18(34-16)17-6-5-12(2)33-17/h5-10H,1-4H3. The number of thiophene rings is 2. The van der Waals surface area contributed by atoms with Crippen molar-refractivity contribution in [3.05, 3.63) is 69.1 Å². The molecule has 0 bridgehead atoms. The quantitative estimate of drug-likeness (QED) is 0.357. The van der Waals surface area contributed by atoms with Crippen LogP contribution >= 0.6 is 22.7 Å². The van der Waals surface area contributed by atoms with Crippen LogP contribution in [-0.2, 0) is 0 Å². The Bertz CT molecular complexity index is 1640. The molecule has 6 nitrogen and oxygen atoms in total. The lowest BCUT2D eigenvalue weighted by Crippen LogP contribution is -2.41. The van der Waals surface area contributed by atoms with Crippen molar-refractivity contribution in [3.8, 4) is 20.2 Å². The van der Waals surface area contributed by atoms with E-state index in [1.54, 1.807) is 30.4 Å². The Balaban J connectivity index is 1.74. The van der Waals surface area contributed by atoms with E-state index in [1.807, 2.05) is 12.1 Å². The van der Waals surface area contributed by atoms with Crippen LogP contribution in [0.25, 0.3) is 31.0 Å². The van der Waals surface area contributed by atoms with Crippen LogP contribution in [0, 0.1) is 13.8 Å². The van der Waals surface area contributed by atoms with Gasteiger partial charge >= 0.3 is 0 Å². The van der Waals surface area contributed by atoms with Crippen molar-refractivity contribution in [1.29, 1.82) is 0 Å². The molecule has 0 aliphatic carbocycles. The van der Waals surface area contributed by atoms with Crippen molar-refractivity contribution >= 4 is 57.1 Å². The Morgan fingerprint density at radius 1 is 0.588 bits per heavy atom. The number of carbonyl (C=O) groups excluding carboxylic acids is 4. The van der Waals surface area contributed by atoms with Crippen LogP contribution in [0.15, 0.2) is 36.4 Å². The molecule has 6 rings (SSSR count). The lowest BCUT2D eigenvalue weighted by molar-refractivity contribution is 0.0629. The topological polar surface area (TPSA) is 74.8 Å². The summed E-state index contributed by atoms with van der Waals surface area (Å²) >= 11 is 3.22. The van der Waals surface area contributed by atoms with Crippen LogP contribution in [-0.4, -0.2) is 47.5 Å². The Labute approximate surface area is 203 Å². The summed E-state index contributed by atoms with van der Waals surface area (Å²) in [7, 11) is 2.92. The van der Waals surface area contributed by atoms with Gasteiger partial charge in [0.05, 0.1) is 11.1 Å². The summed E-state index contributed by atoms with van der Waals surface area (Å²) in [4.78, 5) is 59.2. The van der Waals surface area contributed by atoms with Gasteiger partial charge in [0.2, 0.25) is 0 Å². The number of imide groups is 2. The average Bonchev–Trinajstić information content (AvgIpc) is 3.47. The smallest absolute Gasteiger partial charge is 0.261 e. The number of hydrogen-bond donors (Lipinski definition) is 0. The predicted molar refractivity (Wildman–Crippen MR) is 133 cm³/mol. The fourth-order valence-electron chi connectivity index (χ4n) is 4.86. The summed E-state index contributed by atoms with van der Waals surface area (Å²) in [6.07, 6.45) is 0. The maximum atomic E-state index is 13.5. The number of aryl methyl sites for hydroxylation is 2. The first-order valence-electron chi connectivity index (χ1n) is 10.6. The minimum atomic E-state index is -0.439. The van der Waals surface area contributed by atoms with Crippen molar-refractivity contribution in [1.82, 2.24) is 9.80 Å². The maximum Gasteiger partial charge on any atom is 0.261 e. The van der Waals surface area contributed by atoms with Gasteiger partial charge in [-0.3, -0.25) is 29.0 Å². The zero-order valence-electron chi connectivity index (χ0n) is 18.8. The third kappa shape index (κ3) is 2.60. The van der Waals surface area contributed by atoms with E-state index in [4.69, 9.17) is 0 Å². The first kappa shape index (κ1) is 20.9. The van der Waals surface area contributed by atoms with Gasteiger partial charge in [0.1, 0.15) is 0 Å². The van der Waals surface area contributed by atoms with Crippen molar-refractivity contribution < 1.29 is 19.2 Å². The van der Waals surface area contributed by atoms with Crippen LogP contribution in [0.5, 0.6) is 0 Å². The van der Waals surface area contributed by atoms with E-state index in [9.17, 15) is 19.2 Å².